The smallest absolute Gasteiger partial charge is 0.272 e. The Morgan fingerprint density at radius 1 is 1.35 bits per heavy atom. The number of rotatable bonds is 2. The van der Waals surface area contributed by atoms with Gasteiger partial charge in [0.2, 0.25) is 0 Å². The molecule has 2 heterocycles. The van der Waals surface area contributed by atoms with Gasteiger partial charge in [0.05, 0.1) is 5.69 Å². The average molecular weight is 296 g/mol. The van der Waals surface area contributed by atoms with Crippen LogP contribution in [0.3, 0.4) is 0 Å². The van der Waals surface area contributed by atoms with Gasteiger partial charge in [-0.05, 0) is 29.8 Å². The number of likely N-dealkylation sites (tertiary alicyclic amines) is 1. The molecule has 20 heavy (non-hydrogen) atoms. The number of carbonyl (C=O) groups is 2. The minimum absolute atomic E-state index is 0.117. The van der Waals surface area contributed by atoms with E-state index in [2.05, 4.69) is 23.5 Å². The summed E-state index contributed by atoms with van der Waals surface area (Å²) in [6, 6.07) is 0. The summed E-state index contributed by atoms with van der Waals surface area (Å²) in [7, 11) is 1.51. The van der Waals surface area contributed by atoms with Crippen LogP contribution in [-0.2, 0) is 0 Å². The Bertz CT molecular complexity index is 518. The van der Waals surface area contributed by atoms with Crippen molar-refractivity contribution in [3.8, 4) is 0 Å². The maximum Gasteiger partial charge on any atom is 0.272 e. The van der Waals surface area contributed by atoms with Crippen LogP contribution < -0.4 is 11.1 Å². The third-order valence-electron chi connectivity index (χ3n) is 3.52. The van der Waals surface area contributed by atoms with E-state index in [4.69, 9.17) is 5.73 Å². The second-order valence-corrected chi connectivity index (χ2v) is 6.28. The molecule has 1 aromatic heterocycles. The summed E-state index contributed by atoms with van der Waals surface area (Å²) in [5.41, 5.74) is 6.22. The first-order valence-electron chi connectivity index (χ1n) is 6.70. The summed E-state index contributed by atoms with van der Waals surface area (Å²) in [6.07, 6.45) is 1.13. The molecular formula is C13H20N4O2S. The van der Waals surface area contributed by atoms with E-state index in [1.54, 1.807) is 0 Å². The fraction of sp³-hybridized carbons (Fsp3) is 0.615. The number of nitrogens with one attached hydrogen (secondary N) is 1. The maximum absolute atomic E-state index is 12.5. The lowest BCUT2D eigenvalue weighted by molar-refractivity contribution is 0.0629. The first kappa shape index (κ1) is 14.8. The van der Waals surface area contributed by atoms with Gasteiger partial charge < -0.3 is 16.0 Å². The van der Waals surface area contributed by atoms with Crippen molar-refractivity contribution in [2.75, 3.05) is 25.9 Å². The molecule has 0 bridgehead atoms. The Kier molecular flexibility index (Phi) is 4.27. The number of nitrogens with zero attached hydrogens (tertiary/aromatic N) is 2. The molecule has 0 aliphatic carbocycles. The van der Waals surface area contributed by atoms with E-state index in [0.717, 1.165) is 31.0 Å². The molecule has 2 amide bonds. The van der Waals surface area contributed by atoms with Crippen molar-refractivity contribution in [2.45, 2.75) is 20.3 Å². The largest absolute Gasteiger partial charge is 0.395 e. The molecule has 0 aromatic carbocycles. The molecule has 6 nitrogen and oxygen atoms in total. The number of hydrogen-bond acceptors (Lipinski definition) is 5. The zero-order chi connectivity index (χ0) is 14.9. The van der Waals surface area contributed by atoms with Crippen LogP contribution in [0.4, 0.5) is 5.69 Å². The summed E-state index contributed by atoms with van der Waals surface area (Å²) >= 11 is 0.997. The summed E-state index contributed by atoms with van der Waals surface area (Å²) < 4.78 is 4.00. The van der Waals surface area contributed by atoms with Crippen molar-refractivity contribution in [1.82, 2.24) is 14.6 Å². The standard InChI is InChI=1S/C13H20N4O2S/c1-7-4-8(2)6-17(5-7)13(19)11-9(14)10(16-20-11)12(18)15-3/h7-8H,4-6,14H2,1-3H3,(H,15,18). The number of amides is 2. The molecule has 0 spiro atoms. The number of piperidine rings is 1. The molecule has 110 valence electrons. The lowest BCUT2D eigenvalue weighted by Gasteiger charge is -2.34. The average Bonchev–Trinajstić information content (AvgIpc) is 2.77. The van der Waals surface area contributed by atoms with E-state index in [1.807, 2.05) is 4.90 Å². The molecule has 1 aliphatic rings. The van der Waals surface area contributed by atoms with E-state index in [0.29, 0.717) is 16.7 Å². The molecule has 0 radical (unpaired) electrons. The molecular weight excluding hydrogens is 276 g/mol. The summed E-state index contributed by atoms with van der Waals surface area (Å²) in [5.74, 6) is 0.484. The Labute approximate surface area is 122 Å². The SMILES string of the molecule is CNC(=O)c1nsc(C(=O)N2CC(C)CC(C)C2)c1N. The lowest BCUT2D eigenvalue weighted by atomic mass is 9.92. The highest BCUT2D eigenvalue weighted by atomic mass is 32.1. The second kappa shape index (κ2) is 5.78. The van der Waals surface area contributed by atoms with Crippen LogP contribution in [0.5, 0.6) is 0 Å². The van der Waals surface area contributed by atoms with Crippen molar-refractivity contribution < 1.29 is 9.59 Å². The summed E-state index contributed by atoms with van der Waals surface area (Å²) in [4.78, 5) is 26.3. The first-order chi connectivity index (χ1) is 9.43. The van der Waals surface area contributed by atoms with Crippen LogP contribution in [0.25, 0.3) is 0 Å². The van der Waals surface area contributed by atoms with Crippen LogP contribution in [0.1, 0.15) is 40.4 Å². The first-order valence-corrected chi connectivity index (χ1v) is 7.47. The van der Waals surface area contributed by atoms with Crippen molar-refractivity contribution in [1.29, 1.82) is 0 Å². The quantitative estimate of drug-likeness (QED) is 0.858. The Morgan fingerprint density at radius 2 is 1.95 bits per heavy atom. The fourth-order valence-corrected chi connectivity index (χ4v) is 3.47. The van der Waals surface area contributed by atoms with Gasteiger partial charge in [-0.3, -0.25) is 9.59 Å². The molecule has 1 saturated heterocycles. The molecule has 2 rings (SSSR count). The third kappa shape index (κ3) is 2.77. The molecule has 1 fully saturated rings. The highest BCUT2D eigenvalue weighted by molar-refractivity contribution is 7.09. The maximum atomic E-state index is 12.5. The number of anilines is 1. The fourth-order valence-electron chi connectivity index (χ4n) is 2.71. The number of carbonyl (C=O) groups excluding carboxylic acids is 2. The van der Waals surface area contributed by atoms with Crippen molar-refractivity contribution in [3.05, 3.63) is 10.6 Å². The van der Waals surface area contributed by atoms with Gasteiger partial charge >= 0.3 is 0 Å². The number of nitrogen functional groups attached to an aromatic ring is 1. The van der Waals surface area contributed by atoms with E-state index < -0.39 is 0 Å². The minimum atomic E-state index is -0.363. The molecule has 3 N–H and O–H groups in total. The second-order valence-electron chi connectivity index (χ2n) is 5.51. The zero-order valence-corrected chi connectivity index (χ0v) is 12.8. The van der Waals surface area contributed by atoms with E-state index in [9.17, 15) is 9.59 Å². The molecule has 2 atom stereocenters. The van der Waals surface area contributed by atoms with Crippen molar-refractivity contribution in [3.63, 3.8) is 0 Å². The summed E-state index contributed by atoms with van der Waals surface area (Å²) in [6.45, 7) is 5.75. The highest BCUT2D eigenvalue weighted by Gasteiger charge is 2.30. The Morgan fingerprint density at radius 3 is 2.50 bits per heavy atom. The molecule has 1 aromatic rings. The van der Waals surface area contributed by atoms with Crippen LogP contribution in [0.15, 0.2) is 0 Å². The van der Waals surface area contributed by atoms with Crippen LogP contribution in [-0.4, -0.2) is 41.2 Å². The molecule has 0 saturated carbocycles. The van der Waals surface area contributed by atoms with Crippen LogP contribution >= 0.6 is 11.5 Å². The third-order valence-corrected chi connectivity index (χ3v) is 4.37. The van der Waals surface area contributed by atoms with Gasteiger partial charge in [-0.1, -0.05) is 13.8 Å². The van der Waals surface area contributed by atoms with Gasteiger partial charge in [-0.15, -0.1) is 0 Å². The Balaban J connectivity index is 2.21. The number of nitrogens with two attached hydrogens (primary N) is 1. The predicted octanol–water partition coefficient (Wildman–Crippen LogP) is 1.20. The molecule has 7 heteroatoms. The normalized spacial score (nSPS) is 22.6. The van der Waals surface area contributed by atoms with Crippen molar-refractivity contribution in [2.24, 2.45) is 11.8 Å². The Hall–Kier alpha value is -1.63. The van der Waals surface area contributed by atoms with Crippen LogP contribution in [0.2, 0.25) is 0 Å². The van der Waals surface area contributed by atoms with E-state index in [1.165, 1.54) is 7.05 Å². The van der Waals surface area contributed by atoms with Gasteiger partial charge in [0.25, 0.3) is 11.8 Å². The minimum Gasteiger partial charge on any atom is -0.395 e. The lowest BCUT2D eigenvalue weighted by Crippen LogP contribution is -2.42. The topological polar surface area (TPSA) is 88.3 Å². The predicted molar refractivity (Wildman–Crippen MR) is 78.8 cm³/mol. The van der Waals surface area contributed by atoms with Gasteiger partial charge in [0, 0.05) is 20.1 Å². The van der Waals surface area contributed by atoms with Gasteiger partial charge in [0.15, 0.2) is 5.69 Å². The number of aromatic nitrogens is 1. The van der Waals surface area contributed by atoms with Gasteiger partial charge in [-0.2, -0.15) is 4.37 Å². The van der Waals surface area contributed by atoms with E-state index >= 15 is 0 Å². The monoisotopic (exact) mass is 296 g/mol. The molecule has 2 unspecified atom stereocenters. The van der Waals surface area contributed by atoms with Crippen LogP contribution in [0, 0.1) is 11.8 Å². The van der Waals surface area contributed by atoms with Crippen molar-refractivity contribution >= 4 is 29.0 Å². The van der Waals surface area contributed by atoms with Gasteiger partial charge in [0.1, 0.15) is 4.88 Å². The van der Waals surface area contributed by atoms with E-state index in [-0.39, 0.29) is 23.2 Å². The molecule has 1 aliphatic heterocycles. The van der Waals surface area contributed by atoms with Gasteiger partial charge in [-0.25, -0.2) is 0 Å². The highest BCUT2D eigenvalue weighted by Crippen LogP contribution is 2.27. The number of hydrogen-bond donors (Lipinski definition) is 2. The zero-order valence-electron chi connectivity index (χ0n) is 12.0. The summed E-state index contributed by atoms with van der Waals surface area (Å²) in [5, 5.41) is 2.47.